The maximum absolute atomic E-state index is 13.0. The molecule has 0 aliphatic carbocycles. The van der Waals surface area contributed by atoms with Crippen molar-refractivity contribution in [3.05, 3.63) is 29.8 Å². The van der Waals surface area contributed by atoms with Gasteiger partial charge in [0.05, 0.1) is 6.61 Å². The summed E-state index contributed by atoms with van der Waals surface area (Å²) in [6.07, 6.45) is 1.09. The summed E-state index contributed by atoms with van der Waals surface area (Å²) < 4.78 is 4.94. The van der Waals surface area contributed by atoms with Crippen LogP contribution in [0.3, 0.4) is 0 Å². The number of urea groups is 1. The summed E-state index contributed by atoms with van der Waals surface area (Å²) in [7, 11) is 0. The van der Waals surface area contributed by atoms with E-state index in [0.29, 0.717) is 18.5 Å². The van der Waals surface area contributed by atoms with E-state index in [2.05, 4.69) is 26.1 Å². The van der Waals surface area contributed by atoms with Crippen molar-refractivity contribution in [1.82, 2.24) is 16.0 Å². The van der Waals surface area contributed by atoms with Crippen molar-refractivity contribution in [2.45, 2.75) is 65.1 Å². The summed E-state index contributed by atoms with van der Waals surface area (Å²) in [6.45, 7) is 5.39. The molecule has 206 valence electrons. The molecular formula is C24H38N6O7. The molecule has 1 aromatic carbocycles. The fourth-order valence-electron chi connectivity index (χ4n) is 3.24. The van der Waals surface area contributed by atoms with Crippen LogP contribution in [0.2, 0.25) is 0 Å². The van der Waals surface area contributed by atoms with Crippen molar-refractivity contribution in [3.63, 3.8) is 0 Å². The van der Waals surface area contributed by atoms with Crippen molar-refractivity contribution < 1.29 is 33.5 Å². The lowest BCUT2D eigenvalue weighted by atomic mass is 10.0. The molecule has 0 heterocycles. The number of amides is 5. The zero-order valence-electron chi connectivity index (χ0n) is 21.5. The molecule has 0 aliphatic rings. The van der Waals surface area contributed by atoms with E-state index in [4.69, 9.17) is 16.4 Å². The van der Waals surface area contributed by atoms with Crippen LogP contribution in [0.1, 0.15) is 52.0 Å². The Morgan fingerprint density at radius 1 is 0.973 bits per heavy atom. The molecule has 0 aliphatic heterocycles. The maximum atomic E-state index is 13.0. The molecule has 13 heteroatoms. The molecule has 0 spiro atoms. The van der Waals surface area contributed by atoms with Crippen LogP contribution in [0.5, 0.6) is 0 Å². The second-order valence-electron chi connectivity index (χ2n) is 8.72. The molecular weight excluding hydrogens is 484 g/mol. The van der Waals surface area contributed by atoms with Crippen LogP contribution >= 0.6 is 0 Å². The Bertz CT molecular complexity index is 907. The third kappa shape index (κ3) is 13.2. The number of carbonyl (C=O) groups excluding carboxylic acids is 5. The van der Waals surface area contributed by atoms with E-state index in [1.807, 2.05) is 0 Å². The zero-order valence-corrected chi connectivity index (χ0v) is 21.5. The lowest BCUT2D eigenvalue weighted by Gasteiger charge is -2.25. The highest BCUT2D eigenvalue weighted by atomic mass is 16.6. The van der Waals surface area contributed by atoms with Gasteiger partial charge in [-0.25, -0.2) is 10.7 Å². The second-order valence-corrected chi connectivity index (χ2v) is 8.72. The van der Waals surface area contributed by atoms with Crippen molar-refractivity contribution >= 4 is 35.4 Å². The first-order chi connectivity index (χ1) is 17.5. The molecule has 13 nitrogen and oxygen atoms in total. The van der Waals surface area contributed by atoms with Gasteiger partial charge in [0.1, 0.15) is 18.7 Å². The number of hydrogen-bond acceptors (Lipinski definition) is 8. The van der Waals surface area contributed by atoms with E-state index in [0.717, 1.165) is 5.56 Å². The van der Waals surface area contributed by atoms with Gasteiger partial charge < -0.3 is 36.6 Å². The topological polar surface area (TPSA) is 204 Å². The number of esters is 1. The van der Waals surface area contributed by atoms with Crippen LogP contribution in [-0.4, -0.2) is 55.0 Å². The highest BCUT2D eigenvalue weighted by Gasteiger charge is 2.28. The number of hydrogen-bond donors (Lipinski definition) is 6. The summed E-state index contributed by atoms with van der Waals surface area (Å²) in [6, 6.07) is 4.17. The molecule has 0 saturated heterocycles. The first-order valence-corrected chi connectivity index (χ1v) is 12.0. The molecule has 0 saturated carbocycles. The SMILES string of the molecule is CC(=O)OCc1ccc(NC(=O)[C@H](CCCNC(N)=O)NC(=O)[C@@H](NC(=O)CCCON)C(C)C)cc1. The van der Waals surface area contributed by atoms with Crippen molar-refractivity contribution in [1.29, 1.82) is 0 Å². The Kier molecular flexibility index (Phi) is 14.3. The largest absolute Gasteiger partial charge is 0.461 e. The average Bonchev–Trinajstić information content (AvgIpc) is 2.83. The first-order valence-electron chi connectivity index (χ1n) is 12.0. The van der Waals surface area contributed by atoms with E-state index in [1.165, 1.54) is 6.92 Å². The minimum Gasteiger partial charge on any atom is -0.461 e. The zero-order chi connectivity index (χ0) is 27.8. The Balaban J connectivity index is 2.88. The summed E-state index contributed by atoms with van der Waals surface area (Å²) in [5.74, 6) is 2.98. The van der Waals surface area contributed by atoms with Gasteiger partial charge in [-0.3, -0.25) is 19.2 Å². The third-order valence-electron chi connectivity index (χ3n) is 5.20. The number of carbonyl (C=O) groups is 5. The smallest absolute Gasteiger partial charge is 0.312 e. The molecule has 0 fully saturated rings. The quantitative estimate of drug-likeness (QED) is 0.102. The lowest BCUT2D eigenvalue weighted by Crippen LogP contribution is -2.54. The molecule has 0 aromatic heterocycles. The van der Waals surface area contributed by atoms with Crippen LogP contribution < -0.4 is 32.9 Å². The number of nitrogens with one attached hydrogen (secondary N) is 4. The van der Waals surface area contributed by atoms with E-state index in [1.54, 1.807) is 38.1 Å². The molecule has 37 heavy (non-hydrogen) atoms. The van der Waals surface area contributed by atoms with Gasteiger partial charge in [0.25, 0.3) is 0 Å². The molecule has 0 radical (unpaired) electrons. The number of ether oxygens (including phenoxy) is 1. The van der Waals surface area contributed by atoms with Crippen LogP contribution in [0.25, 0.3) is 0 Å². The molecule has 2 atom stereocenters. The predicted octanol–water partition coefficient (Wildman–Crippen LogP) is 0.433. The van der Waals surface area contributed by atoms with Gasteiger partial charge in [0, 0.05) is 25.6 Å². The predicted molar refractivity (Wildman–Crippen MR) is 135 cm³/mol. The Morgan fingerprint density at radius 3 is 2.22 bits per heavy atom. The maximum Gasteiger partial charge on any atom is 0.312 e. The summed E-state index contributed by atoms with van der Waals surface area (Å²) in [4.78, 5) is 64.7. The molecule has 8 N–H and O–H groups in total. The summed E-state index contributed by atoms with van der Waals surface area (Å²) in [5, 5.41) is 10.6. The standard InChI is InChI=1S/C24H38N6O7/c1-15(2)21(30-20(32)7-5-13-37-26)23(34)29-19(6-4-12-27-24(25)35)22(33)28-18-10-8-17(9-11-18)14-36-16(3)31/h8-11,15,19,21H,4-7,12-14,26H2,1-3H3,(H,28,33)(H,29,34)(H,30,32)(H3,25,27,35)/t19-,21-/m0/s1. The Hall–Kier alpha value is -3.71. The van der Waals surface area contributed by atoms with E-state index in [9.17, 15) is 24.0 Å². The summed E-state index contributed by atoms with van der Waals surface area (Å²) in [5.41, 5.74) is 6.30. The minimum absolute atomic E-state index is 0.108. The molecule has 0 unspecified atom stereocenters. The van der Waals surface area contributed by atoms with Gasteiger partial charge in [-0.05, 0) is 42.9 Å². The first kappa shape index (κ1) is 31.3. The minimum atomic E-state index is -0.952. The fourth-order valence-corrected chi connectivity index (χ4v) is 3.24. The van der Waals surface area contributed by atoms with Crippen molar-refractivity contribution in [3.8, 4) is 0 Å². The van der Waals surface area contributed by atoms with Crippen LogP contribution in [0.4, 0.5) is 10.5 Å². The van der Waals surface area contributed by atoms with Gasteiger partial charge in [-0.1, -0.05) is 26.0 Å². The summed E-state index contributed by atoms with van der Waals surface area (Å²) >= 11 is 0. The van der Waals surface area contributed by atoms with Crippen LogP contribution in [-0.2, 0) is 35.4 Å². The van der Waals surface area contributed by atoms with Crippen LogP contribution in [0.15, 0.2) is 24.3 Å². The highest BCUT2D eigenvalue weighted by molar-refractivity contribution is 5.98. The lowest BCUT2D eigenvalue weighted by molar-refractivity contribution is -0.142. The van der Waals surface area contributed by atoms with Gasteiger partial charge in [-0.15, -0.1) is 0 Å². The van der Waals surface area contributed by atoms with E-state index in [-0.39, 0.29) is 44.4 Å². The fraction of sp³-hybridized carbons (Fsp3) is 0.542. The molecule has 1 rings (SSSR count). The number of nitrogens with two attached hydrogens (primary N) is 2. The van der Waals surface area contributed by atoms with Gasteiger partial charge in [0.2, 0.25) is 17.7 Å². The number of benzene rings is 1. The van der Waals surface area contributed by atoms with Gasteiger partial charge in [-0.2, -0.15) is 0 Å². The molecule has 0 bridgehead atoms. The Labute approximate surface area is 216 Å². The van der Waals surface area contributed by atoms with E-state index < -0.39 is 35.9 Å². The second kappa shape index (κ2) is 16.9. The van der Waals surface area contributed by atoms with Gasteiger partial charge in [0.15, 0.2) is 0 Å². The normalized spacial score (nSPS) is 12.2. The number of primary amides is 1. The van der Waals surface area contributed by atoms with E-state index >= 15 is 0 Å². The molecule has 5 amide bonds. The highest BCUT2D eigenvalue weighted by Crippen LogP contribution is 2.13. The van der Waals surface area contributed by atoms with Gasteiger partial charge >= 0.3 is 12.0 Å². The average molecular weight is 523 g/mol. The van der Waals surface area contributed by atoms with Crippen molar-refractivity contribution in [2.75, 3.05) is 18.5 Å². The van der Waals surface area contributed by atoms with Crippen molar-refractivity contribution in [2.24, 2.45) is 17.5 Å². The number of rotatable bonds is 16. The Morgan fingerprint density at radius 2 is 1.65 bits per heavy atom. The van der Waals surface area contributed by atoms with Crippen LogP contribution in [0, 0.1) is 5.92 Å². The number of anilines is 1. The molecule has 1 aromatic rings. The monoisotopic (exact) mass is 522 g/mol. The third-order valence-corrected chi connectivity index (χ3v) is 5.20.